The van der Waals surface area contributed by atoms with E-state index in [9.17, 15) is 0 Å². The first-order valence-corrected chi connectivity index (χ1v) is 17.3. The molecule has 0 aliphatic rings. The first-order valence-electron chi connectivity index (χ1n) is 16.4. The average Bonchev–Trinajstić information content (AvgIpc) is 3.82. The molecular formula is C45H30N2S. The predicted octanol–water partition coefficient (Wildman–Crippen LogP) is 12.7. The average molecular weight is 631 g/mol. The minimum Gasteiger partial charge on any atom is -0.309 e. The largest absolute Gasteiger partial charge is 0.309 e. The summed E-state index contributed by atoms with van der Waals surface area (Å²) in [6.07, 6.45) is 0. The number of rotatable bonds is 4. The third-order valence-corrected chi connectivity index (χ3v) is 10.9. The van der Waals surface area contributed by atoms with Gasteiger partial charge in [0.25, 0.3) is 0 Å². The minimum atomic E-state index is 1.18. The van der Waals surface area contributed by atoms with Crippen molar-refractivity contribution in [1.29, 1.82) is 0 Å². The normalized spacial score (nSPS) is 11.9. The van der Waals surface area contributed by atoms with Crippen molar-refractivity contribution in [3.05, 3.63) is 169 Å². The Balaban J connectivity index is 1.13. The topological polar surface area (TPSA) is 9.86 Å². The Bertz CT molecular complexity index is 2850. The van der Waals surface area contributed by atoms with Crippen LogP contribution in [0.5, 0.6) is 0 Å². The number of hydrogen-bond acceptors (Lipinski definition) is 1. The molecule has 0 atom stereocenters. The van der Waals surface area contributed by atoms with Crippen molar-refractivity contribution in [2.24, 2.45) is 0 Å². The van der Waals surface area contributed by atoms with Gasteiger partial charge in [-0.1, -0.05) is 91.0 Å². The van der Waals surface area contributed by atoms with Crippen LogP contribution in [-0.4, -0.2) is 9.13 Å². The summed E-state index contributed by atoms with van der Waals surface area (Å²) in [5, 5.41) is 8.68. The summed E-state index contributed by atoms with van der Waals surface area (Å²) < 4.78 is 6.14. The zero-order valence-electron chi connectivity index (χ0n) is 26.4. The molecule has 3 aromatic heterocycles. The molecule has 10 rings (SSSR count). The van der Waals surface area contributed by atoms with Gasteiger partial charge in [-0.2, -0.15) is 0 Å². The van der Waals surface area contributed by atoms with Crippen molar-refractivity contribution in [2.45, 2.75) is 6.92 Å². The molecule has 0 radical (unpaired) electrons. The first-order chi connectivity index (χ1) is 23.7. The van der Waals surface area contributed by atoms with Crippen LogP contribution in [0.25, 0.3) is 87.3 Å². The molecule has 0 amide bonds. The number of aromatic nitrogens is 2. The van der Waals surface area contributed by atoms with Crippen LogP contribution >= 0.6 is 11.3 Å². The summed E-state index contributed by atoms with van der Waals surface area (Å²) in [6.45, 7) is 2.24. The van der Waals surface area contributed by atoms with Gasteiger partial charge in [0.1, 0.15) is 0 Å². The fraction of sp³-hybridized carbons (Fsp3) is 0.0222. The van der Waals surface area contributed by atoms with Crippen molar-refractivity contribution in [2.75, 3.05) is 0 Å². The van der Waals surface area contributed by atoms with Crippen LogP contribution in [0.4, 0.5) is 0 Å². The highest BCUT2D eigenvalue weighted by Crippen LogP contribution is 2.40. The molecule has 2 nitrogen and oxygen atoms in total. The Morgan fingerprint density at radius 2 is 0.958 bits per heavy atom. The first kappa shape index (κ1) is 27.2. The van der Waals surface area contributed by atoms with E-state index in [1.54, 1.807) is 0 Å². The van der Waals surface area contributed by atoms with E-state index in [0.717, 1.165) is 0 Å². The third-order valence-electron chi connectivity index (χ3n) is 9.92. The van der Waals surface area contributed by atoms with Crippen molar-refractivity contribution in [1.82, 2.24) is 9.13 Å². The van der Waals surface area contributed by atoms with Crippen molar-refractivity contribution in [3.8, 4) is 33.6 Å². The number of aryl methyl sites for hydroxylation is 1. The van der Waals surface area contributed by atoms with E-state index < -0.39 is 0 Å². The van der Waals surface area contributed by atoms with Crippen LogP contribution in [0.3, 0.4) is 0 Å². The Hall–Kier alpha value is -5.90. The SMILES string of the molecule is Cc1cc(-c2csc3ccccc23)ccc1-n1c2ccccc2c2cc(-c3ccc4c(c3)c3ccccc3n4-c3ccccc3)ccc21. The second-order valence-electron chi connectivity index (χ2n) is 12.7. The molecule has 10 aromatic rings. The molecule has 3 heteroatoms. The Morgan fingerprint density at radius 3 is 1.65 bits per heavy atom. The summed E-state index contributed by atoms with van der Waals surface area (Å²) in [5.41, 5.74) is 13.6. The number of fused-ring (bicyclic) bond motifs is 7. The summed E-state index contributed by atoms with van der Waals surface area (Å²) in [5.74, 6) is 0. The molecule has 226 valence electrons. The van der Waals surface area contributed by atoms with E-state index >= 15 is 0 Å². The molecule has 0 N–H and O–H groups in total. The van der Waals surface area contributed by atoms with Gasteiger partial charge < -0.3 is 9.13 Å². The summed E-state index contributed by atoms with van der Waals surface area (Å²) in [6, 6.07) is 57.7. The highest BCUT2D eigenvalue weighted by atomic mass is 32.1. The van der Waals surface area contributed by atoms with E-state index in [1.165, 1.54) is 92.9 Å². The van der Waals surface area contributed by atoms with Gasteiger partial charge in [0, 0.05) is 48.6 Å². The van der Waals surface area contributed by atoms with E-state index in [-0.39, 0.29) is 0 Å². The van der Waals surface area contributed by atoms with Gasteiger partial charge in [-0.3, -0.25) is 0 Å². The maximum atomic E-state index is 2.44. The number of thiophene rings is 1. The molecule has 0 fully saturated rings. The van der Waals surface area contributed by atoms with Gasteiger partial charge >= 0.3 is 0 Å². The molecule has 0 bridgehead atoms. The predicted molar refractivity (Wildman–Crippen MR) is 206 cm³/mol. The molecule has 0 unspecified atom stereocenters. The molecule has 48 heavy (non-hydrogen) atoms. The van der Waals surface area contributed by atoms with Crippen LogP contribution in [-0.2, 0) is 0 Å². The number of benzene rings is 7. The smallest absolute Gasteiger partial charge is 0.0541 e. The van der Waals surface area contributed by atoms with Crippen LogP contribution in [0, 0.1) is 6.92 Å². The number of hydrogen-bond donors (Lipinski definition) is 0. The molecular weight excluding hydrogens is 601 g/mol. The minimum absolute atomic E-state index is 1.18. The fourth-order valence-electron chi connectivity index (χ4n) is 7.69. The van der Waals surface area contributed by atoms with Gasteiger partial charge in [-0.15, -0.1) is 11.3 Å². The lowest BCUT2D eigenvalue weighted by Crippen LogP contribution is -1.97. The molecule has 0 saturated carbocycles. The lowest BCUT2D eigenvalue weighted by Gasteiger charge is -2.13. The lowest BCUT2D eigenvalue weighted by atomic mass is 10.0. The summed E-state index contributed by atoms with van der Waals surface area (Å²) >= 11 is 1.81. The van der Waals surface area contributed by atoms with Crippen LogP contribution in [0.2, 0.25) is 0 Å². The fourth-order valence-corrected chi connectivity index (χ4v) is 8.66. The van der Waals surface area contributed by atoms with Crippen molar-refractivity contribution >= 4 is 65.0 Å². The van der Waals surface area contributed by atoms with Crippen molar-refractivity contribution in [3.63, 3.8) is 0 Å². The molecule has 0 spiro atoms. The zero-order valence-corrected chi connectivity index (χ0v) is 27.2. The van der Waals surface area contributed by atoms with E-state index in [4.69, 9.17) is 0 Å². The zero-order chi connectivity index (χ0) is 31.8. The van der Waals surface area contributed by atoms with Gasteiger partial charge in [0.15, 0.2) is 0 Å². The molecule has 0 aliphatic heterocycles. The monoisotopic (exact) mass is 630 g/mol. The van der Waals surface area contributed by atoms with Gasteiger partial charge in [0.05, 0.1) is 22.1 Å². The van der Waals surface area contributed by atoms with Gasteiger partial charge in [-0.05, 0) is 101 Å². The highest BCUT2D eigenvalue weighted by molar-refractivity contribution is 7.17. The van der Waals surface area contributed by atoms with E-state index in [2.05, 4.69) is 179 Å². The van der Waals surface area contributed by atoms with Crippen molar-refractivity contribution < 1.29 is 0 Å². The standard InChI is InChI=1S/C45H30N2S/c1-29-25-32(39-28-48-45-18-10-7-15-36(39)45)21-22-40(29)47-42-17-9-6-14-35(42)38-27-31(20-24-44(38)47)30-19-23-43-37(26-30)34-13-5-8-16-41(34)46(43)33-11-3-2-4-12-33/h2-28H,1H3. The quantitative estimate of drug-likeness (QED) is 0.183. The highest BCUT2D eigenvalue weighted by Gasteiger charge is 2.17. The number of nitrogens with zero attached hydrogens (tertiary/aromatic N) is 2. The third kappa shape index (κ3) is 4.05. The lowest BCUT2D eigenvalue weighted by molar-refractivity contribution is 1.15. The Kier molecular flexibility index (Phi) is 5.99. The Morgan fingerprint density at radius 1 is 0.417 bits per heavy atom. The summed E-state index contributed by atoms with van der Waals surface area (Å²) in [4.78, 5) is 0. The molecule has 3 heterocycles. The van der Waals surface area contributed by atoms with Gasteiger partial charge in [-0.25, -0.2) is 0 Å². The van der Waals surface area contributed by atoms with Crippen LogP contribution in [0.15, 0.2) is 163 Å². The second kappa shape index (κ2) is 10.6. The van der Waals surface area contributed by atoms with Gasteiger partial charge in [0.2, 0.25) is 0 Å². The Labute approximate surface area is 282 Å². The van der Waals surface area contributed by atoms with Crippen LogP contribution < -0.4 is 0 Å². The molecule has 0 aliphatic carbocycles. The maximum Gasteiger partial charge on any atom is 0.0541 e. The number of para-hydroxylation sites is 3. The maximum absolute atomic E-state index is 2.44. The summed E-state index contributed by atoms with van der Waals surface area (Å²) in [7, 11) is 0. The molecule has 0 saturated heterocycles. The van der Waals surface area contributed by atoms with E-state index in [1.807, 2.05) is 11.3 Å². The van der Waals surface area contributed by atoms with E-state index in [0.29, 0.717) is 0 Å². The molecule has 7 aromatic carbocycles. The van der Waals surface area contributed by atoms with Crippen LogP contribution in [0.1, 0.15) is 5.56 Å². The second-order valence-corrected chi connectivity index (χ2v) is 13.6.